The lowest BCUT2D eigenvalue weighted by atomic mass is 9.92. The summed E-state index contributed by atoms with van der Waals surface area (Å²) in [7, 11) is -3.67. The van der Waals surface area contributed by atoms with E-state index < -0.39 is 16.1 Å². The number of halogens is 1. The smallest absolute Gasteiger partial charge is 0.245 e. The Hall–Kier alpha value is -2.58. The standard InChI is InChI=1S/C22H22FN3O3S/c23-18-10-7-16(8-11-18)21-24-22(29-25-21)20-6-3-13-26(20)30(27,28)19-12-9-15-4-1-2-5-17(15)14-19/h7-12,14,20H,1-6,13H2/t20-/m1/s1. The second-order valence-corrected chi connectivity index (χ2v) is 9.77. The molecule has 2 heterocycles. The quantitative estimate of drug-likeness (QED) is 0.621. The van der Waals surface area contributed by atoms with Gasteiger partial charge in [0.05, 0.1) is 4.90 Å². The van der Waals surface area contributed by atoms with Crippen LogP contribution in [0.5, 0.6) is 0 Å². The number of hydrogen-bond acceptors (Lipinski definition) is 5. The summed E-state index contributed by atoms with van der Waals surface area (Å²) in [6, 6.07) is 10.8. The predicted molar refractivity (Wildman–Crippen MR) is 109 cm³/mol. The van der Waals surface area contributed by atoms with Crippen LogP contribution in [-0.2, 0) is 22.9 Å². The number of aryl methyl sites for hydroxylation is 2. The van der Waals surface area contributed by atoms with Crippen molar-refractivity contribution in [3.8, 4) is 11.4 Å². The van der Waals surface area contributed by atoms with Gasteiger partial charge >= 0.3 is 0 Å². The third kappa shape index (κ3) is 3.44. The van der Waals surface area contributed by atoms with Crippen LogP contribution in [-0.4, -0.2) is 29.4 Å². The SMILES string of the molecule is O=S(=O)(c1ccc2c(c1)CCCC2)N1CCC[C@@H]1c1nc(-c2ccc(F)cc2)no1. The van der Waals surface area contributed by atoms with Crippen LogP contribution in [0.2, 0.25) is 0 Å². The first kappa shape index (κ1) is 19.4. The molecule has 2 aliphatic rings. The summed E-state index contributed by atoms with van der Waals surface area (Å²) in [5, 5.41) is 3.98. The summed E-state index contributed by atoms with van der Waals surface area (Å²) in [5.74, 6) is 0.247. The molecule has 6 nitrogen and oxygen atoms in total. The summed E-state index contributed by atoms with van der Waals surface area (Å²) >= 11 is 0. The number of hydrogen-bond donors (Lipinski definition) is 0. The van der Waals surface area contributed by atoms with Gasteiger partial charge < -0.3 is 4.52 Å². The zero-order valence-corrected chi connectivity index (χ0v) is 17.2. The molecule has 1 aliphatic carbocycles. The topological polar surface area (TPSA) is 76.3 Å². The van der Waals surface area contributed by atoms with E-state index in [-0.39, 0.29) is 11.7 Å². The molecule has 1 atom stereocenters. The van der Waals surface area contributed by atoms with Crippen molar-refractivity contribution in [2.45, 2.75) is 49.5 Å². The van der Waals surface area contributed by atoms with Crippen LogP contribution in [0.3, 0.4) is 0 Å². The van der Waals surface area contributed by atoms with Gasteiger partial charge in [-0.05, 0) is 86.1 Å². The van der Waals surface area contributed by atoms with Crippen molar-refractivity contribution in [3.05, 3.63) is 65.3 Å². The molecule has 0 spiro atoms. The van der Waals surface area contributed by atoms with Crippen LogP contribution in [0.25, 0.3) is 11.4 Å². The first-order valence-corrected chi connectivity index (χ1v) is 11.7. The van der Waals surface area contributed by atoms with Gasteiger partial charge in [0.2, 0.25) is 21.7 Å². The molecule has 8 heteroatoms. The van der Waals surface area contributed by atoms with E-state index in [0.717, 1.165) is 37.7 Å². The summed E-state index contributed by atoms with van der Waals surface area (Å²) in [5.41, 5.74) is 3.00. The largest absolute Gasteiger partial charge is 0.337 e. The molecule has 1 saturated heterocycles. The lowest BCUT2D eigenvalue weighted by molar-refractivity contribution is 0.290. The van der Waals surface area contributed by atoms with E-state index >= 15 is 0 Å². The first-order chi connectivity index (χ1) is 14.5. The van der Waals surface area contributed by atoms with E-state index in [2.05, 4.69) is 10.1 Å². The van der Waals surface area contributed by atoms with Crippen molar-refractivity contribution >= 4 is 10.0 Å². The highest BCUT2D eigenvalue weighted by molar-refractivity contribution is 7.89. The summed E-state index contributed by atoms with van der Waals surface area (Å²) < 4.78 is 46.9. The molecule has 1 aliphatic heterocycles. The monoisotopic (exact) mass is 427 g/mol. The molecule has 5 rings (SSSR count). The maximum atomic E-state index is 13.4. The number of fused-ring (bicyclic) bond motifs is 1. The molecule has 1 fully saturated rings. The van der Waals surface area contributed by atoms with E-state index in [4.69, 9.17) is 4.52 Å². The average Bonchev–Trinajstić information content (AvgIpc) is 3.44. The highest BCUT2D eigenvalue weighted by atomic mass is 32.2. The third-order valence-electron chi connectivity index (χ3n) is 5.96. The minimum atomic E-state index is -3.67. The first-order valence-electron chi connectivity index (χ1n) is 10.3. The Morgan fingerprint density at radius 1 is 1.00 bits per heavy atom. The van der Waals surface area contributed by atoms with E-state index in [1.54, 1.807) is 18.2 Å². The molecule has 0 amide bonds. The Morgan fingerprint density at radius 2 is 1.77 bits per heavy atom. The maximum Gasteiger partial charge on any atom is 0.245 e. The molecule has 0 radical (unpaired) electrons. The number of nitrogens with zero attached hydrogens (tertiary/aromatic N) is 3. The zero-order chi connectivity index (χ0) is 20.7. The van der Waals surface area contributed by atoms with Crippen molar-refractivity contribution in [2.75, 3.05) is 6.54 Å². The van der Waals surface area contributed by atoms with E-state index in [1.807, 2.05) is 12.1 Å². The Labute approximate surface area is 174 Å². The summed E-state index contributed by atoms with van der Waals surface area (Å²) in [4.78, 5) is 4.74. The molecular formula is C22H22FN3O3S. The number of rotatable bonds is 4. The fraction of sp³-hybridized carbons (Fsp3) is 0.364. The highest BCUT2D eigenvalue weighted by Crippen LogP contribution is 2.37. The highest BCUT2D eigenvalue weighted by Gasteiger charge is 2.39. The van der Waals surface area contributed by atoms with Crippen LogP contribution in [0.1, 0.15) is 48.7 Å². The Kier molecular flexibility index (Phi) is 4.91. The average molecular weight is 428 g/mol. The zero-order valence-electron chi connectivity index (χ0n) is 16.4. The van der Waals surface area contributed by atoms with Gasteiger partial charge in [0.1, 0.15) is 11.9 Å². The molecular weight excluding hydrogens is 405 g/mol. The molecule has 0 N–H and O–H groups in total. The van der Waals surface area contributed by atoms with Gasteiger partial charge in [-0.3, -0.25) is 0 Å². The van der Waals surface area contributed by atoms with Crippen LogP contribution in [0.15, 0.2) is 51.9 Å². The van der Waals surface area contributed by atoms with Gasteiger partial charge in [-0.2, -0.15) is 9.29 Å². The molecule has 156 valence electrons. The molecule has 0 unspecified atom stereocenters. The van der Waals surface area contributed by atoms with Crippen LogP contribution in [0, 0.1) is 5.82 Å². The van der Waals surface area contributed by atoms with E-state index in [1.165, 1.54) is 22.0 Å². The van der Waals surface area contributed by atoms with Crippen LogP contribution >= 0.6 is 0 Å². The van der Waals surface area contributed by atoms with Crippen molar-refractivity contribution in [3.63, 3.8) is 0 Å². The van der Waals surface area contributed by atoms with Gasteiger partial charge in [-0.15, -0.1) is 0 Å². The molecule has 3 aromatic rings. The lowest BCUT2D eigenvalue weighted by Crippen LogP contribution is -2.31. The minimum Gasteiger partial charge on any atom is -0.337 e. The van der Waals surface area contributed by atoms with Gasteiger partial charge in [-0.1, -0.05) is 11.2 Å². The molecule has 2 aromatic carbocycles. The minimum absolute atomic E-state index is 0.272. The van der Waals surface area contributed by atoms with Crippen molar-refractivity contribution in [1.29, 1.82) is 0 Å². The molecule has 0 bridgehead atoms. The lowest BCUT2D eigenvalue weighted by Gasteiger charge is -2.23. The second-order valence-electron chi connectivity index (χ2n) is 7.87. The Bertz CT molecular complexity index is 1170. The predicted octanol–water partition coefficient (Wildman–Crippen LogP) is 4.28. The molecule has 1 aromatic heterocycles. The van der Waals surface area contributed by atoms with Crippen molar-refractivity contribution < 1.29 is 17.3 Å². The van der Waals surface area contributed by atoms with Crippen molar-refractivity contribution in [2.24, 2.45) is 0 Å². The second kappa shape index (κ2) is 7.59. The normalized spacial score (nSPS) is 19.7. The van der Waals surface area contributed by atoms with Gasteiger partial charge in [0.15, 0.2) is 0 Å². The third-order valence-corrected chi connectivity index (χ3v) is 7.86. The van der Waals surface area contributed by atoms with Gasteiger partial charge in [0.25, 0.3) is 0 Å². The summed E-state index contributed by atoms with van der Waals surface area (Å²) in [6.45, 7) is 0.415. The number of benzene rings is 2. The Balaban J connectivity index is 1.44. The Morgan fingerprint density at radius 3 is 2.57 bits per heavy atom. The fourth-order valence-corrected chi connectivity index (χ4v) is 6.07. The van der Waals surface area contributed by atoms with Gasteiger partial charge in [0, 0.05) is 12.1 Å². The number of sulfonamides is 1. The van der Waals surface area contributed by atoms with E-state index in [9.17, 15) is 12.8 Å². The van der Waals surface area contributed by atoms with Crippen LogP contribution < -0.4 is 0 Å². The van der Waals surface area contributed by atoms with Crippen molar-refractivity contribution in [1.82, 2.24) is 14.4 Å². The van der Waals surface area contributed by atoms with Gasteiger partial charge in [-0.25, -0.2) is 12.8 Å². The maximum absolute atomic E-state index is 13.4. The number of aromatic nitrogens is 2. The molecule has 0 saturated carbocycles. The molecule has 30 heavy (non-hydrogen) atoms. The fourth-order valence-electron chi connectivity index (χ4n) is 4.37. The van der Waals surface area contributed by atoms with Crippen LogP contribution in [0.4, 0.5) is 4.39 Å². The van der Waals surface area contributed by atoms with E-state index in [0.29, 0.717) is 29.2 Å². The summed E-state index contributed by atoms with van der Waals surface area (Å²) in [6.07, 6.45) is 5.53.